The molecule has 0 bridgehead atoms. The molecule has 0 saturated carbocycles. The molecule has 0 aliphatic rings. The normalized spacial score (nSPS) is 9.88. The molecule has 0 aromatic heterocycles. The molecule has 16 heavy (non-hydrogen) atoms. The van der Waals surface area contributed by atoms with Crippen LogP contribution in [0.5, 0.6) is 17.2 Å². The minimum atomic E-state index is 0.658. The smallest absolute Gasteiger partial charge is 0.128 e. The van der Waals surface area contributed by atoms with Crippen molar-refractivity contribution in [1.29, 1.82) is 0 Å². The molecule has 0 N–H and O–H groups in total. The largest absolute Gasteiger partial charge is 0.497 e. The van der Waals surface area contributed by atoms with Gasteiger partial charge in [-0.2, -0.15) is 0 Å². The van der Waals surface area contributed by atoms with Crippen LogP contribution in [0.25, 0.3) is 0 Å². The van der Waals surface area contributed by atoms with Crippen LogP contribution in [0.1, 0.15) is 0 Å². The SMILES string of the molecule is COc1ccc(Oc2cccc(Cl)c2)cc1. The molecule has 0 atom stereocenters. The highest BCUT2D eigenvalue weighted by atomic mass is 35.5. The van der Waals surface area contributed by atoms with Crippen LogP contribution in [0.4, 0.5) is 0 Å². The van der Waals surface area contributed by atoms with Gasteiger partial charge in [-0.15, -0.1) is 0 Å². The number of hydrogen-bond donors (Lipinski definition) is 0. The van der Waals surface area contributed by atoms with Crippen molar-refractivity contribution in [3.05, 3.63) is 53.6 Å². The van der Waals surface area contributed by atoms with Gasteiger partial charge in [-0.1, -0.05) is 17.7 Å². The molecular weight excluding hydrogens is 224 g/mol. The van der Waals surface area contributed by atoms with Crippen molar-refractivity contribution in [2.45, 2.75) is 0 Å². The molecule has 0 unspecified atom stereocenters. The Kier molecular flexibility index (Phi) is 3.32. The van der Waals surface area contributed by atoms with Crippen LogP contribution in [0.3, 0.4) is 0 Å². The number of rotatable bonds is 3. The van der Waals surface area contributed by atoms with Gasteiger partial charge in [0.15, 0.2) is 0 Å². The van der Waals surface area contributed by atoms with E-state index in [4.69, 9.17) is 21.1 Å². The molecule has 0 radical (unpaired) electrons. The molecule has 3 heteroatoms. The molecule has 0 spiro atoms. The summed E-state index contributed by atoms with van der Waals surface area (Å²) >= 11 is 5.86. The highest BCUT2D eigenvalue weighted by Gasteiger charge is 1.98. The second-order valence-corrected chi connectivity index (χ2v) is 3.67. The van der Waals surface area contributed by atoms with Gasteiger partial charge in [0.05, 0.1) is 7.11 Å². The first-order valence-corrected chi connectivity index (χ1v) is 5.23. The number of benzene rings is 2. The maximum atomic E-state index is 5.86. The van der Waals surface area contributed by atoms with Crippen molar-refractivity contribution in [3.63, 3.8) is 0 Å². The van der Waals surface area contributed by atoms with Crippen molar-refractivity contribution in [1.82, 2.24) is 0 Å². The summed E-state index contributed by atoms with van der Waals surface area (Å²) in [5.74, 6) is 2.28. The number of ether oxygens (including phenoxy) is 2. The lowest BCUT2D eigenvalue weighted by Gasteiger charge is -2.06. The third-order valence-corrected chi connectivity index (χ3v) is 2.33. The Morgan fingerprint density at radius 2 is 1.56 bits per heavy atom. The van der Waals surface area contributed by atoms with Gasteiger partial charge in [-0.05, 0) is 42.5 Å². The van der Waals surface area contributed by atoms with Gasteiger partial charge in [-0.3, -0.25) is 0 Å². The van der Waals surface area contributed by atoms with Gasteiger partial charge in [-0.25, -0.2) is 0 Å². The van der Waals surface area contributed by atoms with Crippen LogP contribution in [0.15, 0.2) is 48.5 Å². The molecule has 0 fully saturated rings. The van der Waals surface area contributed by atoms with E-state index in [0.29, 0.717) is 5.02 Å². The maximum absolute atomic E-state index is 5.86. The Morgan fingerprint density at radius 1 is 0.875 bits per heavy atom. The second kappa shape index (κ2) is 4.90. The third-order valence-electron chi connectivity index (χ3n) is 2.09. The topological polar surface area (TPSA) is 18.5 Å². The minimum absolute atomic E-state index is 0.658. The quantitative estimate of drug-likeness (QED) is 0.795. The van der Waals surface area contributed by atoms with Crippen LogP contribution < -0.4 is 9.47 Å². The van der Waals surface area contributed by atoms with E-state index in [1.54, 1.807) is 13.2 Å². The fourth-order valence-corrected chi connectivity index (χ4v) is 1.49. The van der Waals surface area contributed by atoms with Gasteiger partial charge in [0.2, 0.25) is 0 Å². The fourth-order valence-electron chi connectivity index (χ4n) is 1.31. The van der Waals surface area contributed by atoms with E-state index in [9.17, 15) is 0 Å². The second-order valence-electron chi connectivity index (χ2n) is 3.23. The summed E-state index contributed by atoms with van der Waals surface area (Å²) in [6.45, 7) is 0. The highest BCUT2D eigenvalue weighted by Crippen LogP contribution is 2.25. The molecule has 0 amide bonds. The van der Waals surface area contributed by atoms with Crippen LogP contribution in [-0.2, 0) is 0 Å². The van der Waals surface area contributed by atoms with E-state index in [-0.39, 0.29) is 0 Å². The van der Waals surface area contributed by atoms with Crippen LogP contribution in [-0.4, -0.2) is 7.11 Å². The van der Waals surface area contributed by atoms with Gasteiger partial charge >= 0.3 is 0 Å². The molecule has 0 aliphatic carbocycles. The first kappa shape index (κ1) is 10.8. The molecule has 0 aliphatic heterocycles. The average Bonchev–Trinajstić information content (AvgIpc) is 2.30. The predicted molar refractivity (Wildman–Crippen MR) is 64.5 cm³/mol. The average molecular weight is 235 g/mol. The van der Waals surface area contributed by atoms with Gasteiger partial charge in [0.25, 0.3) is 0 Å². The van der Waals surface area contributed by atoms with E-state index < -0.39 is 0 Å². The Morgan fingerprint density at radius 3 is 2.19 bits per heavy atom. The van der Waals surface area contributed by atoms with Crippen LogP contribution >= 0.6 is 11.6 Å². The zero-order valence-electron chi connectivity index (χ0n) is 8.81. The molecule has 2 nitrogen and oxygen atoms in total. The van der Waals surface area contributed by atoms with Crippen LogP contribution in [0.2, 0.25) is 5.02 Å². The molecule has 2 aromatic carbocycles. The van der Waals surface area contributed by atoms with Gasteiger partial charge < -0.3 is 9.47 Å². The summed E-state index contributed by atoms with van der Waals surface area (Å²) in [5.41, 5.74) is 0. The Bertz CT molecular complexity index is 466. The van der Waals surface area contributed by atoms with E-state index in [0.717, 1.165) is 17.2 Å². The van der Waals surface area contributed by atoms with E-state index >= 15 is 0 Å². The van der Waals surface area contributed by atoms with Gasteiger partial charge in [0, 0.05) is 5.02 Å². The molecule has 0 heterocycles. The summed E-state index contributed by atoms with van der Waals surface area (Å²) < 4.78 is 10.7. The Hall–Kier alpha value is -1.67. The first-order valence-electron chi connectivity index (χ1n) is 4.85. The Labute approximate surface area is 99.4 Å². The third kappa shape index (κ3) is 2.67. The zero-order chi connectivity index (χ0) is 11.4. The summed E-state index contributed by atoms with van der Waals surface area (Å²) in [5, 5.41) is 0.658. The molecule has 2 aromatic rings. The van der Waals surface area contributed by atoms with Crippen molar-refractivity contribution in [3.8, 4) is 17.2 Å². The van der Waals surface area contributed by atoms with Crippen molar-refractivity contribution < 1.29 is 9.47 Å². The van der Waals surface area contributed by atoms with E-state index in [1.165, 1.54) is 0 Å². The summed E-state index contributed by atoms with van der Waals surface area (Å²) in [4.78, 5) is 0. The van der Waals surface area contributed by atoms with Crippen molar-refractivity contribution >= 4 is 11.6 Å². The van der Waals surface area contributed by atoms with Crippen LogP contribution in [0, 0.1) is 0 Å². The van der Waals surface area contributed by atoms with E-state index in [1.807, 2.05) is 42.5 Å². The predicted octanol–water partition coefficient (Wildman–Crippen LogP) is 4.14. The number of hydrogen-bond acceptors (Lipinski definition) is 2. The molecule has 82 valence electrons. The summed E-state index contributed by atoms with van der Waals surface area (Å²) in [6, 6.07) is 14.7. The Balaban J connectivity index is 2.14. The lowest BCUT2D eigenvalue weighted by atomic mass is 10.3. The van der Waals surface area contributed by atoms with Crippen molar-refractivity contribution in [2.24, 2.45) is 0 Å². The molecule has 0 saturated heterocycles. The summed E-state index contributed by atoms with van der Waals surface area (Å²) in [7, 11) is 1.63. The van der Waals surface area contributed by atoms with E-state index in [2.05, 4.69) is 0 Å². The van der Waals surface area contributed by atoms with Crippen molar-refractivity contribution in [2.75, 3.05) is 7.11 Å². The molecular formula is C13H11ClO2. The fraction of sp³-hybridized carbons (Fsp3) is 0.0769. The first-order chi connectivity index (χ1) is 7.78. The number of methoxy groups -OCH3 is 1. The lowest BCUT2D eigenvalue weighted by molar-refractivity contribution is 0.413. The minimum Gasteiger partial charge on any atom is -0.497 e. The monoisotopic (exact) mass is 234 g/mol. The lowest BCUT2D eigenvalue weighted by Crippen LogP contribution is -1.85. The standard InChI is InChI=1S/C13H11ClO2/c1-15-11-5-7-12(8-6-11)16-13-4-2-3-10(14)9-13/h2-9H,1H3. The molecule has 2 rings (SSSR count). The van der Waals surface area contributed by atoms with Gasteiger partial charge in [0.1, 0.15) is 17.2 Å². The summed E-state index contributed by atoms with van der Waals surface area (Å²) in [6.07, 6.45) is 0. The highest BCUT2D eigenvalue weighted by molar-refractivity contribution is 6.30. The maximum Gasteiger partial charge on any atom is 0.128 e. The zero-order valence-corrected chi connectivity index (χ0v) is 9.57. The number of halogens is 1.